The zero-order valence-electron chi connectivity index (χ0n) is 10.1. The Balaban J connectivity index is 2.08. The number of hydrogen-bond donors (Lipinski definition) is 1. The molecule has 0 spiro atoms. The smallest absolute Gasteiger partial charge is 0.328 e. The molecular formula is C13H17NO2S. The summed E-state index contributed by atoms with van der Waals surface area (Å²) in [4.78, 5) is 12.9. The quantitative estimate of drug-likeness (QED) is 0.645. The van der Waals surface area contributed by atoms with Gasteiger partial charge in [0.25, 0.3) is 0 Å². The molecule has 1 saturated carbocycles. The van der Waals surface area contributed by atoms with E-state index in [2.05, 4.69) is 17.4 Å². The van der Waals surface area contributed by atoms with Gasteiger partial charge < -0.3 is 10.1 Å². The molecule has 1 aliphatic rings. The minimum atomic E-state index is -0.197. The normalized spacial score (nSPS) is 16.4. The Kier molecular flexibility index (Phi) is 3.94. The number of rotatable bonds is 5. The molecule has 1 aliphatic carbocycles. The summed E-state index contributed by atoms with van der Waals surface area (Å²) in [5.74, 6) is 0.266. The summed E-state index contributed by atoms with van der Waals surface area (Å²) in [7, 11) is 1.44. The van der Waals surface area contributed by atoms with Crippen molar-refractivity contribution in [1.29, 1.82) is 0 Å². The molecule has 1 atom stereocenters. The van der Waals surface area contributed by atoms with Gasteiger partial charge >= 0.3 is 5.97 Å². The lowest BCUT2D eigenvalue weighted by Gasteiger charge is -2.17. The Morgan fingerprint density at radius 3 is 2.88 bits per heavy atom. The third-order valence-corrected chi connectivity index (χ3v) is 3.67. The summed E-state index contributed by atoms with van der Waals surface area (Å²) in [6, 6.07) is 7.90. The molecule has 0 radical (unpaired) electrons. The van der Waals surface area contributed by atoms with Crippen LogP contribution in [0, 0.1) is 5.92 Å². The molecule has 1 aromatic carbocycles. The molecule has 4 heteroatoms. The summed E-state index contributed by atoms with van der Waals surface area (Å²) in [6.45, 7) is 0. The van der Waals surface area contributed by atoms with Gasteiger partial charge in [-0.25, -0.2) is 4.79 Å². The van der Waals surface area contributed by atoms with E-state index in [1.165, 1.54) is 12.0 Å². The van der Waals surface area contributed by atoms with E-state index in [4.69, 9.17) is 4.74 Å². The monoisotopic (exact) mass is 251 g/mol. The standard InChI is InChI=1S/C13H17NO2S/c1-16-13(15)12(9-6-7-9)14-10-4-3-5-11(8-10)17-2/h3-5,8-9,12,14H,6-7H2,1-2H3. The van der Waals surface area contributed by atoms with E-state index in [0.29, 0.717) is 5.92 Å². The largest absolute Gasteiger partial charge is 0.467 e. The highest BCUT2D eigenvalue weighted by Gasteiger charge is 2.36. The van der Waals surface area contributed by atoms with Crippen molar-refractivity contribution in [2.24, 2.45) is 5.92 Å². The molecule has 0 aliphatic heterocycles. The molecule has 0 heterocycles. The van der Waals surface area contributed by atoms with Gasteiger partial charge in [0, 0.05) is 10.6 Å². The van der Waals surface area contributed by atoms with Gasteiger partial charge in [-0.15, -0.1) is 11.8 Å². The summed E-state index contributed by atoms with van der Waals surface area (Å²) in [6.07, 6.45) is 4.25. The zero-order valence-corrected chi connectivity index (χ0v) is 10.9. The first-order chi connectivity index (χ1) is 8.24. The van der Waals surface area contributed by atoms with E-state index >= 15 is 0 Å². The molecule has 1 fully saturated rings. The Bertz CT molecular complexity index is 404. The Morgan fingerprint density at radius 2 is 2.29 bits per heavy atom. The number of carbonyl (C=O) groups is 1. The maximum atomic E-state index is 11.7. The van der Waals surface area contributed by atoms with Gasteiger partial charge in [0.05, 0.1) is 7.11 Å². The fraction of sp³-hybridized carbons (Fsp3) is 0.462. The number of carbonyl (C=O) groups excluding carboxylic acids is 1. The van der Waals surface area contributed by atoms with Gasteiger partial charge in [-0.05, 0) is 43.2 Å². The average Bonchev–Trinajstić information content (AvgIpc) is 3.19. The average molecular weight is 251 g/mol. The van der Waals surface area contributed by atoms with Crippen LogP contribution >= 0.6 is 11.8 Å². The first-order valence-electron chi connectivity index (χ1n) is 5.73. The number of ether oxygens (including phenoxy) is 1. The van der Waals surface area contributed by atoms with Crippen molar-refractivity contribution in [1.82, 2.24) is 0 Å². The molecule has 0 aromatic heterocycles. The van der Waals surface area contributed by atoms with Crippen molar-refractivity contribution in [3.63, 3.8) is 0 Å². The third kappa shape index (κ3) is 3.16. The topological polar surface area (TPSA) is 38.3 Å². The molecule has 17 heavy (non-hydrogen) atoms. The number of thioether (sulfide) groups is 1. The van der Waals surface area contributed by atoms with Crippen molar-refractivity contribution in [2.75, 3.05) is 18.7 Å². The van der Waals surface area contributed by atoms with Crippen molar-refractivity contribution in [3.8, 4) is 0 Å². The molecule has 0 saturated heterocycles. The maximum absolute atomic E-state index is 11.7. The second-order valence-electron chi connectivity index (χ2n) is 4.21. The maximum Gasteiger partial charge on any atom is 0.328 e. The summed E-state index contributed by atoms with van der Waals surface area (Å²) in [5.41, 5.74) is 0.985. The number of nitrogens with one attached hydrogen (secondary N) is 1. The molecule has 0 bridgehead atoms. The highest BCUT2D eigenvalue weighted by atomic mass is 32.2. The van der Waals surface area contributed by atoms with Gasteiger partial charge in [0.15, 0.2) is 0 Å². The molecule has 0 amide bonds. The second kappa shape index (κ2) is 5.45. The van der Waals surface area contributed by atoms with E-state index in [1.807, 2.05) is 18.4 Å². The molecule has 1 unspecified atom stereocenters. The van der Waals surface area contributed by atoms with Crippen LogP contribution in [0.4, 0.5) is 5.69 Å². The highest BCUT2D eigenvalue weighted by Crippen LogP contribution is 2.35. The van der Waals surface area contributed by atoms with Gasteiger partial charge in [-0.1, -0.05) is 6.07 Å². The molecule has 1 N–H and O–H groups in total. The summed E-state index contributed by atoms with van der Waals surface area (Å²) < 4.78 is 4.84. The molecule has 92 valence electrons. The van der Waals surface area contributed by atoms with Crippen LogP contribution < -0.4 is 5.32 Å². The minimum absolute atomic E-state index is 0.165. The van der Waals surface area contributed by atoms with Crippen LogP contribution in [0.5, 0.6) is 0 Å². The van der Waals surface area contributed by atoms with E-state index in [1.54, 1.807) is 11.8 Å². The van der Waals surface area contributed by atoms with Crippen LogP contribution in [0.15, 0.2) is 29.2 Å². The Morgan fingerprint density at radius 1 is 1.53 bits per heavy atom. The van der Waals surface area contributed by atoms with E-state index in [-0.39, 0.29) is 12.0 Å². The molecule has 1 aromatic rings. The minimum Gasteiger partial charge on any atom is -0.467 e. The summed E-state index contributed by atoms with van der Waals surface area (Å²) >= 11 is 1.69. The van der Waals surface area contributed by atoms with Crippen LogP contribution in [-0.4, -0.2) is 25.4 Å². The van der Waals surface area contributed by atoms with Crippen molar-refractivity contribution >= 4 is 23.4 Å². The van der Waals surface area contributed by atoms with E-state index in [9.17, 15) is 4.79 Å². The Labute approximate surface area is 106 Å². The van der Waals surface area contributed by atoms with Crippen molar-refractivity contribution < 1.29 is 9.53 Å². The predicted molar refractivity (Wildman–Crippen MR) is 70.4 cm³/mol. The van der Waals surface area contributed by atoms with Gasteiger partial charge in [0.1, 0.15) is 6.04 Å². The van der Waals surface area contributed by atoms with Crippen molar-refractivity contribution in [2.45, 2.75) is 23.8 Å². The van der Waals surface area contributed by atoms with Gasteiger partial charge in [-0.3, -0.25) is 0 Å². The number of esters is 1. The Hall–Kier alpha value is -1.16. The fourth-order valence-electron chi connectivity index (χ4n) is 1.82. The lowest BCUT2D eigenvalue weighted by Crippen LogP contribution is -2.32. The predicted octanol–water partition coefficient (Wildman–Crippen LogP) is 2.77. The van der Waals surface area contributed by atoms with E-state index in [0.717, 1.165) is 18.5 Å². The van der Waals surface area contributed by atoms with Crippen LogP contribution in [-0.2, 0) is 9.53 Å². The molecular weight excluding hydrogens is 234 g/mol. The first-order valence-corrected chi connectivity index (χ1v) is 6.95. The van der Waals surface area contributed by atoms with Crippen LogP contribution in [0.25, 0.3) is 0 Å². The molecule has 3 nitrogen and oxygen atoms in total. The van der Waals surface area contributed by atoms with Gasteiger partial charge in [0.2, 0.25) is 0 Å². The lowest BCUT2D eigenvalue weighted by atomic mass is 10.1. The number of methoxy groups -OCH3 is 1. The number of hydrogen-bond acceptors (Lipinski definition) is 4. The second-order valence-corrected chi connectivity index (χ2v) is 5.09. The highest BCUT2D eigenvalue weighted by molar-refractivity contribution is 7.98. The van der Waals surface area contributed by atoms with Crippen molar-refractivity contribution in [3.05, 3.63) is 24.3 Å². The number of benzene rings is 1. The summed E-state index contributed by atoms with van der Waals surface area (Å²) in [5, 5.41) is 3.28. The van der Waals surface area contributed by atoms with Crippen LogP contribution in [0.2, 0.25) is 0 Å². The number of anilines is 1. The fourth-order valence-corrected chi connectivity index (χ4v) is 2.28. The lowest BCUT2D eigenvalue weighted by molar-refractivity contribution is -0.142. The van der Waals surface area contributed by atoms with Gasteiger partial charge in [-0.2, -0.15) is 0 Å². The van der Waals surface area contributed by atoms with Crippen LogP contribution in [0.1, 0.15) is 12.8 Å². The third-order valence-electron chi connectivity index (χ3n) is 2.94. The zero-order chi connectivity index (χ0) is 12.3. The SMILES string of the molecule is COC(=O)C(Nc1cccc(SC)c1)C1CC1. The van der Waals surface area contributed by atoms with E-state index < -0.39 is 0 Å². The van der Waals surface area contributed by atoms with Crippen LogP contribution in [0.3, 0.4) is 0 Å². The molecule has 2 rings (SSSR count). The first kappa shape index (κ1) is 12.3.